The fraction of sp³-hybridized carbons (Fsp3) is 0.211. The van der Waals surface area contributed by atoms with Gasteiger partial charge in [-0.15, -0.1) is 0 Å². The summed E-state index contributed by atoms with van der Waals surface area (Å²) in [7, 11) is 0. The molecule has 1 heterocycles. The Labute approximate surface area is 145 Å². The van der Waals surface area contributed by atoms with Gasteiger partial charge in [0.05, 0.1) is 23.8 Å². The van der Waals surface area contributed by atoms with Crippen molar-refractivity contribution >= 4 is 29.1 Å². The number of hydrogen-bond donors (Lipinski definition) is 3. The molecule has 1 unspecified atom stereocenters. The zero-order valence-electron chi connectivity index (χ0n) is 14.1. The molecule has 0 spiro atoms. The molecule has 0 aromatic heterocycles. The first-order valence-electron chi connectivity index (χ1n) is 8.02. The molecule has 0 saturated carbocycles. The van der Waals surface area contributed by atoms with Crippen molar-refractivity contribution in [3.63, 3.8) is 0 Å². The van der Waals surface area contributed by atoms with E-state index >= 15 is 0 Å². The molecule has 0 saturated heterocycles. The van der Waals surface area contributed by atoms with Crippen LogP contribution in [0.2, 0.25) is 0 Å². The molecule has 2 aromatic carbocycles. The molecule has 3 amide bonds. The largest absolute Gasteiger partial charge is 0.345 e. The lowest BCUT2D eigenvalue weighted by Crippen LogP contribution is -2.24. The standard InChI is InChI=1S/C19H19N3O3/c1-11-7-8-15(20-12(2)23)17(9-11)21-18(24)10-16-13-5-3-4-6-14(13)19(25)22-16/h3-9,16H,10H2,1-2H3,(H,20,23)(H,21,24)(H,22,25). The maximum absolute atomic E-state index is 12.5. The van der Waals surface area contributed by atoms with Crippen molar-refractivity contribution in [3.8, 4) is 0 Å². The number of aryl methyl sites for hydroxylation is 1. The topological polar surface area (TPSA) is 87.3 Å². The minimum Gasteiger partial charge on any atom is -0.345 e. The van der Waals surface area contributed by atoms with Crippen molar-refractivity contribution in [2.24, 2.45) is 0 Å². The smallest absolute Gasteiger partial charge is 0.252 e. The maximum atomic E-state index is 12.5. The highest BCUT2D eigenvalue weighted by Gasteiger charge is 2.29. The van der Waals surface area contributed by atoms with Gasteiger partial charge >= 0.3 is 0 Å². The predicted molar refractivity (Wildman–Crippen MR) is 95.4 cm³/mol. The average Bonchev–Trinajstić information content (AvgIpc) is 2.86. The Kier molecular flexibility index (Phi) is 4.52. The summed E-state index contributed by atoms with van der Waals surface area (Å²) < 4.78 is 0. The average molecular weight is 337 g/mol. The lowest BCUT2D eigenvalue weighted by molar-refractivity contribution is -0.117. The van der Waals surface area contributed by atoms with Gasteiger partial charge in [-0.25, -0.2) is 0 Å². The van der Waals surface area contributed by atoms with Gasteiger partial charge in [0.25, 0.3) is 5.91 Å². The van der Waals surface area contributed by atoms with E-state index in [9.17, 15) is 14.4 Å². The number of benzene rings is 2. The first-order valence-corrected chi connectivity index (χ1v) is 8.02. The monoisotopic (exact) mass is 337 g/mol. The summed E-state index contributed by atoms with van der Waals surface area (Å²) in [5, 5.41) is 8.35. The highest BCUT2D eigenvalue weighted by atomic mass is 16.2. The van der Waals surface area contributed by atoms with Crippen molar-refractivity contribution < 1.29 is 14.4 Å². The van der Waals surface area contributed by atoms with Crippen LogP contribution >= 0.6 is 0 Å². The number of amides is 3. The summed E-state index contributed by atoms with van der Waals surface area (Å²) in [5.74, 6) is -0.613. The first kappa shape index (κ1) is 16.7. The Hall–Kier alpha value is -3.15. The van der Waals surface area contributed by atoms with Crippen molar-refractivity contribution in [2.45, 2.75) is 26.3 Å². The molecule has 6 heteroatoms. The summed E-state index contributed by atoms with van der Waals surface area (Å²) in [6, 6.07) is 12.3. The molecule has 0 aliphatic carbocycles. The SMILES string of the molecule is CC(=O)Nc1ccc(C)cc1NC(=O)CC1NC(=O)c2ccccc21. The van der Waals surface area contributed by atoms with Crippen LogP contribution < -0.4 is 16.0 Å². The van der Waals surface area contributed by atoms with Gasteiger partial charge in [-0.05, 0) is 36.2 Å². The quantitative estimate of drug-likeness (QED) is 0.802. The summed E-state index contributed by atoms with van der Waals surface area (Å²) >= 11 is 0. The molecule has 0 radical (unpaired) electrons. The molecular weight excluding hydrogens is 318 g/mol. The third kappa shape index (κ3) is 3.68. The van der Waals surface area contributed by atoms with Crippen LogP contribution in [0.25, 0.3) is 0 Å². The summed E-state index contributed by atoms with van der Waals surface area (Å²) in [4.78, 5) is 35.7. The van der Waals surface area contributed by atoms with Gasteiger partial charge in [0, 0.05) is 12.5 Å². The third-order valence-electron chi connectivity index (χ3n) is 4.04. The number of hydrogen-bond acceptors (Lipinski definition) is 3. The van der Waals surface area contributed by atoms with Crippen molar-refractivity contribution in [2.75, 3.05) is 10.6 Å². The molecule has 128 valence electrons. The summed E-state index contributed by atoms with van der Waals surface area (Å²) in [5.41, 5.74) is 3.48. The molecule has 2 aromatic rings. The molecule has 3 N–H and O–H groups in total. The molecule has 25 heavy (non-hydrogen) atoms. The Bertz CT molecular complexity index is 861. The second-order valence-electron chi connectivity index (χ2n) is 6.10. The summed E-state index contributed by atoms with van der Waals surface area (Å²) in [6.07, 6.45) is 0.121. The van der Waals surface area contributed by atoms with Gasteiger partial charge in [0.15, 0.2) is 0 Å². The third-order valence-corrected chi connectivity index (χ3v) is 4.04. The lowest BCUT2D eigenvalue weighted by Gasteiger charge is -2.15. The fourth-order valence-corrected chi connectivity index (χ4v) is 2.93. The van der Waals surface area contributed by atoms with Crippen LogP contribution in [-0.2, 0) is 9.59 Å². The Balaban J connectivity index is 1.75. The Morgan fingerprint density at radius 1 is 1.08 bits per heavy atom. The maximum Gasteiger partial charge on any atom is 0.252 e. The molecule has 1 atom stereocenters. The zero-order valence-corrected chi connectivity index (χ0v) is 14.1. The molecule has 1 aliphatic heterocycles. The molecule has 1 aliphatic rings. The van der Waals surface area contributed by atoms with E-state index in [1.807, 2.05) is 25.1 Å². The molecule has 6 nitrogen and oxygen atoms in total. The van der Waals surface area contributed by atoms with E-state index in [0.717, 1.165) is 11.1 Å². The summed E-state index contributed by atoms with van der Waals surface area (Å²) in [6.45, 7) is 3.32. The second-order valence-corrected chi connectivity index (χ2v) is 6.10. The second kappa shape index (κ2) is 6.76. The minimum absolute atomic E-state index is 0.121. The van der Waals surface area contributed by atoms with Gasteiger partial charge in [-0.3, -0.25) is 14.4 Å². The van der Waals surface area contributed by atoms with E-state index in [1.165, 1.54) is 6.92 Å². The molecular formula is C19H19N3O3. The van der Waals surface area contributed by atoms with Crippen LogP contribution in [-0.4, -0.2) is 17.7 Å². The van der Waals surface area contributed by atoms with Crippen LogP contribution in [0.5, 0.6) is 0 Å². The van der Waals surface area contributed by atoms with E-state index in [0.29, 0.717) is 16.9 Å². The number of carbonyl (C=O) groups excluding carboxylic acids is 3. The van der Waals surface area contributed by atoms with Gasteiger partial charge in [-0.2, -0.15) is 0 Å². The van der Waals surface area contributed by atoms with Gasteiger partial charge in [0.1, 0.15) is 0 Å². The highest BCUT2D eigenvalue weighted by Crippen LogP contribution is 2.29. The van der Waals surface area contributed by atoms with E-state index in [4.69, 9.17) is 0 Å². The normalized spacial score (nSPS) is 15.3. The van der Waals surface area contributed by atoms with E-state index in [1.54, 1.807) is 24.3 Å². The van der Waals surface area contributed by atoms with Crippen LogP contribution in [0, 0.1) is 6.92 Å². The first-order chi connectivity index (χ1) is 11.9. The van der Waals surface area contributed by atoms with Crippen LogP contribution in [0.15, 0.2) is 42.5 Å². The molecule has 0 fully saturated rings. The predicted octanol–water partition coefficient (Wildman–Crippen LogP) is 2.77. The van der Waals surface area contributed by atoms with Gasteiger partial charge in [-0.1, -0.05) is 24.3 Å². The zero-order chi connectivity index (χ0) is 18.0. The van der Waals surface area contributed by atoms with Crippen molar-refractivity contribution in [1.29, 1.82) is 0 Å². The Morgan fingerprint density at radius 2 is 1.84 bits per heavy atom. The van der Waals surface area contributed by atoms with Crippen molar-refractivity contribution in [3.05, 3.63) is 59.2 Å². The van der Waals surface area contributed by atoms with Crippen LogP contribution in [0.3, 0.4) is 0 Å². The lowest BCUT2D eigenvalue weighted by atomic mass is 10.0. The van der Waals surface area contributed by atoms with Crippen LogP contribution in [0.4, 0.5) is 11.4 Å². The number of nitrogens with one attached hydrogen (secondary N) is 3. The van der Waals surface area contributed by atoms with Crippen LogP contribution in [0.1, 0.15) is 40.9 Å². The Morgan fingerprint density at radius 3 is 2.60 bits per heavy atom. The number of carbonyl (C=O) groups is 3. The highest BCUT2D eigenvalue weighted by molar-refractivity contribution is 6.02. The fourth-order valence-electron chi connectivity index (χ4n) is 2.93. The van der Waals surface area contributed by atoms with Gasteiger partial charge in [0.2, 0.25) is 11.8 Å². The number of anilines is 2. The number of rotatable bonds is 4. The van der Waals surface area contributed by atoms with Gasteiger partial charge < -0.3 is 16.0 Å². The van der Waals surface area contributed by atoms with E-state index in [-0.39, 0.29) is 30.2 Å². The minimum atomic E-state index is -0.349. The number of fused-ring (bicyclic) bond motifs is 1. The molecule has 3 rings (SSSR count). The van der Waals surface area contributed by atoms with E-state index in [2.05, 4.69) is 16.0 Å². The van der Waals surface area contributed by atoms with Crippen molar-refractivity contribution in [1.82, 2.24) is 5.32 Å². The molecule has 0 bridgehead atoms. The van der Waals surface area contributed by atoms with E-state index < -0.39 is 0 Å².